The Morgan fingerprint density at radius 3 is 2.29 bits per heavy atom. The van der Waals surface area contributed by atoms with Crippen LogP contribution in [0.15, 0.2) is 67.3 Å². The Hall–Kier alpha value is -3.15. The van der Waals surface area contributed by atoms with Gasteiger partial charge in [-0.25, -0.2) is 8.78 Å². The Morgan fingerprint density at radius 2 is 1.67 bits per heavy atom. The van der Waals surface area contributed by atoms with Crippen molar-refractivity contribution >= 4 is 5.91 Å². The van der Waals surface area contributed by atoms with Gasteiger partial charge in [-0.15, -0.1) is 0 Å². The average molecular weight is 325 g/mol. The maximum atomic E-state index is 13.6. The highest BCUT2D eigenvalue weighted by atomic mass is 19.2. The Morgan fingerprint density at radius 1 is 0.917 bits per heavy atom. The van der Waals surface area contributed by atoms with Gasteiger partial charge in [-0.2, -0.15) is 0 Å². The van der Waals surface area contributed by atoms with E-state index in [-0.39, 0.29) is 5.91 Å². The normalized spacial score (nSPS) is 11.8. The number of nitrogens with zero attached hydrogens (tertiary/aromatic N) is 2. The van der Waals surface area contributed by atoms with Gasteiger partial charge in [0, 0.05) is 24.8 Å². The molecular weight excluding hydrogens is 312 g/mol. The van der Waals surface area contributed by atoms with E-state index >= 15 is 0 Å². The van der Waals surface area contributed by atoms with Crippen molar-refractivity contribution in [1.29, 1.82) is 0 Å². The summed E-state index contributed by atoms with van der Waals surface area (Å²) in [7, 11) is 0. The van der Waals surface area contributed by atoms with Crippen molar-refractivity contribution in [2.75, 3.05) is 0 Å². The Balaban J connectivity index is 1.96. The largest absolute Gasteiger partial charge is 0.341 e. The lowest BCUT2D eigenvalue weighted by molar-refractivity contribution is 0.0942. The van der Waals surface area contributed by atoms with Crippen molar-refractivity contribution in [2.45, 2.75) is 6.04 Å². The summed E-state index contributed by atoms with van der Waals surface area (Å²) in [5, 5.41) is 2.80. The number of pyridine rings is 2. The van der Waals surface area contributed by atoms with Crippen LogP contribution in [0.5, 0.6) is 0 Å². The number of carbonyl (C=O) groups is 1. The van der Waals surface area contributed by atoms with Gasteiger partial charge in [0.25, 0.3) is 5.91 Å². The van der Waals surface area contributed by atoms with Gasteiger partial charge in [0.2, 0.25) is 0 Å². The van der Waals surface area contributed by atoms with Crippen LogP contribution in [0.4, 0.5) is 8.78 Å². The van der Waals surface area contributed by atoms with E-state index in [1.807, 2.05) is 0 Å². The Labute approximate surface area is 137 Å². The number of carbonyl (C=O) groups excluding carboxylic acids is 1. The number of rotatable bonds is 4. The SMILES string of the molecule is O=C(N[C@H](c1cccnc1)c1ccc(F)c(F)c1)c1cccnc1. The van der Waals surface area contributed by atoms with Crippen molar-refractivity contribution in [3.63, 3.8) is 0 Å². The summed E-state index contributed by atoms with van der Waals surface area (Å²) in [4.78, 5) is 20.3. The Kier molecular flexibility index (Phi) is 4.56. The molecule has 0 aliphatic carbocycles. The number of amides is 1. The third kappa shape index (κ3) is 3.43. The molecule has 3 rings (SSSR count). The minimum absolute atomic E-state index is 0.369. The first-order chi connectivity index (χ1) is 11.6. The van der Waals surface area contributed by atoms with Gasteiger partial charge in [-0.1, -0.05) is 12.1 Å². The predicted molar refractivity (Wildman–Crippen MR) is 84.1 cm³/mol. The van der Waals surface area contributed by atoms with Gasteiger partial charge < -0.3 is 5.32 Å². The van der Waals surface area contributed by atoms with E-state index in [2.05, 4.69) is 15.3 Å². The van der Waals surface area contributed by atoms with Gasteiger partial charge in [0.15, 0.2) is 11.6 Å². The zero-order valence-electron chi connectivity index (χ0n) is 12.5. The lowest BCUT2D eigenvalue weighted by Gasteiger charge is -2.19. The fourth-order valence-corrected chi connectivity index (χ4v) is 2.31. The number of hydrogen-bond donors (Lipinski definition) is 1. The quantitative estimate of drug-likeness (QED) is 0.801. The molecule has 1 aromatic carbocycles. The molecular formula is C18H13F2N3O. The standard InChI is InChI=1S/C18H13F2N3O/c19-15-6-5-12(9-16(15)20)17(13-3-1-7-21-10-13)23-18(24)14-4-2-8-22-11-14/h1-11,17H,(H,23,24)/t17-/m0/s1. The highest BCUT2D eigenvalue weighted by molar-refractivity contribution is 5.94. The molecule has 0 saturated carbocycles. The number of benzene rings is 1. The molecule has 6 heteroatoms. The van der Waals surface area contributed by atoms with Gasteiger partial charge in [-0.3, -0.25) is 14.8 Å². The first kappa shape index (κ1) is 15.7. The molecule has 0 saturated heterocycles. The van der Waals surface area contributed by atoms with Crippen molar-refractivity contribution in [1.82, 2.24) is 15.3 Å². The monoisotopic (exact) mass is 325 g/mol. The second-order valence-electron chi connectivity index (χ2n) is 5.11. The van der Waals surface area contributed by atoms with Gasteiger partial charge >= 0.3 is 0 Å². The van der Waals surface area contributed by atoms with Crippen LogP contribution >= 0.6 is 0 Å². The van der Waals surface area contributed by atoms with Crippen LogP contribution in [0, 0.1) is 11.6 Å². The molecule has 0 aliphatic rings. The lowest BCUT2D eigenvalue weighted by atomic mass is 9.99. The van der Waals surface area contributed by atoms with Crippen molar-refractivity contribution in [2.24, 2.45) is 0 Å². The minimum Gasteiger partial charge on any atom is -0.341 e. The number of hydrogen-bond acceptors (Lipinski definition) is 3. The van der Waals surface area contributed by atoms with Crippen molar-refractivity contribution in [3.8, 4) is 0 Å². The van der Waals surface area contributed by atoms with Gasteiger partial charge in [0.1, 0.15) is 0 Å². The topological polar surface area (TPSA) is 54.9 Å². The summed E-state index contributed by atoms with van der Waals surface area (Å²) >= 11 is 0. The summed E-state index contributed by atoms with van der Waals surface area (Å²) in [5.41, 5.74) is 1.44. The van der Waals surface area contributed by atoms with E-state index in [0.717, 1.165) is 12.1 Å². The molecule has 0 fully saturated rings. The van der Waals surface area contributed by atoms with Crippen LogP contribution < -0.4 is 5.32 Å². The van der Waals surface area contributed by atoms with Crippen molar-refractivity contribution < 1.29 is 13.6 Å². The molecule has 0 aliphatic heterocycles. The molecule has 0 unspecified atom stereocenters. The zero-order valence-corrected chi connectivity index (χ0v) is 12.5. The third-order valence-electron chi connectivity index (χ3n) is 3.49. The second kappa shape index (κ2) is 6.95. The zero-order chi connectivity index (χ0) is 16.9. The van der Waals surface area contributed by atoms with Crippen LogP contribution in [0.2, 0.25) is 0 Å². The molecule has 4 nitrogen and oxygen atoms in total. The van der Waals surface area contributed by atoms with E-state index < -0.39 is 17.7 Å². The molecule has 3 aromatic rings. The Bertz CT molecular complexity index is 841. The fraction of sp³-hybridized carbons (Fsp3) is 0.0556. The van der Waals surface area contributed by atoms with E-state index in [0.29, 0.717) is 16.7 Å². The van der Waals surface area contributed by atoms with E-state index in [9.17, 15) is 13.6 Å². The predicted octanol–water partition coefficient (Wildman–Crippen LogP) is 3.27. The van der Waals surface area contributed by atoms with E-state index in [4.69, 9.17) is 0 Å². The lowest BCUT2D eigenvalue weighted by Crippen LogP contribution is -2.29. The van der Waals surface area contributed by atoms with Crippen LogP contribution in [0.25, 0.3) is 0 Å². The third-order valence-corrected chi connectivity index (χ3v) is 3.49. The maximum Gasteiger partial charge on any atom is 0.253 e. The van der Waals surface area contributed by atoms with Crippen LogP contribution in [0.3, 0.4) is 0 Å². The highest BCUT2D eigenvalue weighted by Crippen LogP contribution is 2.23. The first-order valence-corrected chi connectivity index (χ1v) is 7.21. The summed E-state index contributed by atoms with van der Waals surface area (Å²) < 4.78 is 26.8. The van der Waals surface area contributed by atoms with Crippen LogP contribution in [-0.2, 0) is 0 Å². The molecule has 2 heterocycles. The smallest absolute Gasteiger partial charge is 0.253 e. The van der Waals surface area contributed by atoms with E-state index in [1.165, 1.54) is 12.3 Å². The van der Waals surface area contributed by atoms with Gasteiger partial charge in [0.05, 0.1) is 11.6 Å². The molecule has 0 bridgehead atoms. The van der Waals surface area contributed by atoms with Crippen LogP contribution in [-0.4, -0.2) is 15.9 Å². The number of halogens is 2. The molecule has 120 valence electrons. The summed E-state index contributed by atoms with van der Waals surface area (Å²) in [6.45, 7) is 0. The number of aromatic nitrogens is 2. The molecule has 2 aromatic heterocycles. The summed E-state index contributed by atoms with van der Waals surface area (Å²) in [6, 6.07) is 9.59. The fourth-order valence-electron chi connectivity index (χ4n) is 2.31. The minimum atomic E-state index is -0.975. The highest BCUT2D eigenvalue weighted by Gasteiger charge is 2.19. The van der Waals surface area contributed by atoms with E-state index in [1.54, 1.807) is 42.9 Å². The molecule has 24 heavy (non-hydrogen) atoms. The second-order valence-corrected chi connectivity index (χ2v) is 5.11. The average Bonchev–Trinajstić information content (AvgIpc) is 2.63. The molecule has 0 radical (unpaired) electrons. The summed E-state index contributed by atoms with van der Waals surface area (Å²) in [6.07, 6.45) is 6.15. The molecule has 1 atom stereocenters. The molecule has 0 spiro atoms. The maximum absolute atomic E-state index is 13.6. The molecule has 1 N–H and O–H groups in total. The summed E-state index contributed by atoms with van der Waals surface area (Å²) in [5.74, 6) is -2.29. The van der Waals surface area contributed by atoms with Crippen molar-refractivity contribution in [3.05, 3.63) is 95.6 Å². The molecule has 1 amide bonds. The van der Waals surface area contributed by atoms with Gasteiger partial charge in [-0.05, 0) is 41.5 Å². The first-order valence-electron chi connectivity index (χ1n) is 7.21. The van der Waals surface area contributed by atoms with Crippen LogP contribution in [0.1, 0.15) is 27.5 Å². The number of nitrogens with one attached hydrogen (secondary N) is 1.